The third-order valence-electron chi connectivity index (χ3n) is 5.68. The van der Waals surface area contributed by atoms with Gasteiger partial charge in [0, 0.05) is 28.3 Å². The van der Waals surface area contributed by atoms with E-state index in [0.717, 1.165) is 14.4 Å². The zero-order valence-corrected chi connectivity index (χ0v) is 20.6. The summed E-state index contributed by atoms with van der Waals surface area (Å²) in [6.45, 7) is 4.04. The highest BCUT2D eigenvalue weighted by Gasteiger charge is 2.45. The maximum absolute atomic E-state index is 13.4. The van der Waals surface area contributed by atoms with Crippen molar-refractivity contribution >= 4 is 48.8 Å². The van der Waals surface area contributed by atoms with Crippen LogP contribution < -0.4 is 15.8 Å². The molecule has 10 heteroatoms. The molecule has 0 unspecified atom stereocenters. The summed E-state index contributed by atoms with van der Waals surface area (Å²) >= 11 is 4.93. The molecule has 0 amide bonds. The van der Waals surface area contributed by atoms with Gasteiger partial charge in [0.2, 0.25) is 10.0 Å². The Kier molecular flexibility index (Phi) is 5.57. The van der Waals surface area contributed by atoms with Crippen molar-refractivity contribution in [3.63, 3.8) is 0 Å². The summed E-state index contributed by atoms with van der Waals surface area (Å²) in [5, 5.41) is 15.3. The molecule has 1 aliphatic carbocycles. The molecule has 1 atom stereocenters. The number of rotatable bonds is 3. The number of thiophene rings is 1. The lowest BCUT2D eigenvalue weighted by Gasteiger charge is -2.43. The molecule has 4 N–H and O–H groups in total. The van der Waals surface area contributed by atoms with E-state index in [-0.39, 0.29) is 21.9 Å². The van der Waals surface area contributed by atoms with Gasteiger partial charge in [0.1, 0.15) is 5.82 Å². The Morgan fingerprint density at radius 1 is 1.19 bits per heavy atom. The molecule has 2 aliphatic rings. The number of anilines is 1. The van der Waals surface area contributed by atoms with E-state index >= 15 is 0 Å². The topological polar surface area (TPSA) is 130 Å². The van der Waals surface area contributed by atoms with Crippen LogP contribution in [0.1, 0.15) is 37.5 Å². The fourth-order valence-corrected chi connectivity index (χ4v) is 6.42. The Morgan fingerprint density at radius 3 is 2.38 bits per heavy atom. The number of allylic oxidation sites excluding steroid dienone is 3. The second-order valence-corrected chi connectivity index (χ2v) is 12.7. The Morgan fingerprint density at radius 2 is 1.84 bits per heavy atom. The minimum Gasteiger partial charge on any atom is -0.384 e. The van der Waals surface area contributed by atoms with E-state index in [4.69, 9.17) is 10.9 Å². The van der Waals surface area contributed by atoms with Crippen LogP contribution in [0, 0.1) is 16.7 Å². The lowest BCUT2D eigenvalue weighted by Crippen LogP contribution is -2.42. The third kappa shape index (κ3) is 3.90. The Labute approximate surface area is 199 Å². The molecule has 0 saturated carbocycles. The van der Waals surface area contributed by atoms with Gasteiger partial charge >= 0.3 is 0 Å². The second-order valence-electron chi connectivity index (χ2n) is 8.66. The van der Waals surface area contributed by atoms with Crippen LogP contribution in [-0.4, -0.2) is 14.2 Å². The molecule has 7 nitrogen and oxygen atoms in total. The lowest BCUT2D eigenvalue weighted by molar-refractivity contribution is -0.118. The molecule has 1 aromatic carbocycles. The maximum atomic E-state index is 13.4. The summed E-state index contributed by atoms with van der Waals surface area (Å²) in [6.07, 6.45) is 0.944. The SMILES string of the molecule is CC1(C)CC(=O)C2=C(C1)N(c1ccc(S(N)(=O)=O)cc1)C(N)=C(C#N)[C@H]2c1ccc(Br)s1. The lowest BCUT2D eigenvalue weighted by atomic mass is 9.69. The molecule has 1 aromatic heterocycles. The third-order valence-corrected chi connectivity index (χ3v) is 8.30. The quantitative estimate of drug-likeness (QED) is 0.611. The molecular formula is C22H21BrN4O3S2. The number of nitrogens with two attached hydrogens (primary N) is 2. The van der Waals surface area contributed by atoms with Crippen LogP contribution in [0.5, 0.6) is 0 Å². The van der Waals surface area contributed by atoms with Gasteiger partial charge in [-0.05, 0) is 64.2 Å². The molecule has 2 aromatic rings. The standard InChI is InChI=1S/C22H21BrN4O3S2/c1-22(2)9-15-20(16(28)10-22)19(17-7-8-18(23)31-17)14(11-24)21(25)27(15)12-3-5-13(6-4-12)32(26,29)30/h3-8,19H,9-10,25H2,1-2H3,(H2,26,29,30)/t19-/m0/s1. The van der Waals surface area contributed by atoms with Crippen LogP contribution in [-0.2, 0) is 14.8 Å². The van der Waals surface area contributed by atoms with Gasteiger partial charge in [-0.15, -0.1) is 11.3 Å². The average Bonchev–Trinajstić information content (AvgIpc) is 3.11. The number of ketones is 1. The first-order chi connectivity index (χ1) is 14.9. The van der Waals surface area contributed by atoms with Crippen LogP contribution >= 0.6 is 27.3 Å². The number of halogens is 1. The van der Waals surface area contributed by atoms with Crippen molar-refractivity contribution in [3.05, 3.63) is 67.7 Å². The molecule has 0 spiro atoms. The van der Waals surface area contributed by atoms with Gasteiger partial charge in [-0.25, -0.2) is 13.6 Å². The minimum absolute atomic E-state index is 0.0165. The largest absolute Gasteiger partial charge is 0.384 e. The molecule has 0 saturated heterocycles. The summed E-state index contributed by atoms with van der Waals surface area (Å²) < 4.78 is 24.2. The smallest absolute Gasteiger partial charge is 0.238 e. The van der Waals surface area contributed by atoms with Crippen molar-refractivity contribution in [2.45, 2.75) is 37.5 Å². The monoisotopic (exact) mass is 532 g/mol. The Hall–Kier alpha value is -2.45. The van der Waals surface area contributed by atoms with Gasteiger partial charge in [-0.1, -0.05) is 13.8 Å². The number of hydrogen-bond donors (Lipinski definition) is 2. The van der Waals surface area contributed by atoms with Crippen LogP contribution in [0.4, 0.5) is 5.69 Å². The van der Waals surface area contributed by atoms with Gasteiger partial charge < -0.3 is 5.73 Å². The summed E-state index contributed by atoms with van der Waals surface area (Å²) in [6, 6.07) is 12.0. The van der Waals surface area contributed by atoms with Crippen molar-refractivity contribution < 1.29 is 13.2 Å². The Bertz CT molecular complexity index is 1330. The van der Waals surface area contributed by atoms with Crippen molar-refractivity contribution in [3.8, 4) is 6.07 Å². The molecule has 0 bridgehead atoms. The number of benzene rings is 1. The summed E-state index contributed by atoms with van der Waals surface area (Å²) in [4.78, 5) is 15.9. The number of primary sulfonamides is 1. The van der Waals surface area contributed by atoms with Gasteiger partial charge in [0.25, 0.3) is 0 Å². The van der Waals surface area contributed by atoms with Crippen molar-refractivity contribution in [2.24, 2.45) is 16.3 Å². The molecule has 32 heavy (non-hydrogen) atoms. The van der Waals surface area contributed by atoms with Crippen molar-refractivity contribution in [1.29, 1.82) is 5.26 Å². The number of hydrogen-bond acceptors (Lipinski definition) is 7. The summed E-state index contributed by atoms with van der Waals surface area (Å²) in [5.41, 5.74) is 8.42. The molecular weight excluding hydrogens is 512 g/mol. The van der Waals surface area contributed by atoms with Crippen molar-refractivity contribution in [2.75, 3.05) is 4.90 Å². The number of nitriles is 1. The number of Topliss-reactive ketones (excluding diaryl/α,β-unsaturated/α-hetero) is 1. The first-order valence-electron chi connectivity index (χ1n) is 9.77. The molecule has 2 heterocycles. The number of carbonyl (C=O) groups excluding carboxylic acids is 1. The summed E-state index contributed by atoms with van der Waals surface area (Å²) in [5.74, 6) is -0.318. The predicted octanol–water partition coefficient (Wildman–Crippen LogP) is 4.10. The molecule has 1 aliphatic heterocycles. The molecule has 0 fully saturated rings. The van der Waals surface area contributed by atoms with Gasteiger partial charge in [0.15, 0.2) is 5.78 Å². The van der Waals surface area contributed by atoms with E-state index in [2.05, 4.69) is 22.0 Å². The first kappa shape index (κ1) is 22.7. The molecule has 0 radical (unpaired) electrons. The van der Waals surface area contributed by atoms with Crippen LogP contribution in [0.25, 0.3) is 0 Å². The van der Waals surface area contributed by atoms with E-state index < -0.39 is 15.9 Å². The van der Waals surface area contributed by atoms with Crippen LogP contribution in [0.3, 0.4) is 0 Å². The van der Waals surface area contributed by atoms with Gasteiger partial charge in [-0.2, -0.15) is 5.26 Å². The van der Waals surface area contributed by atoms with Gasteiger partial charge in [-0.3, -0.25) is 9.69 Å². The highest BCUT2D eigenvalue weighted by Crippen LogP contribution is 2.51. The highest BCUT2D eigenvalue weighted by atomic mass is 79.9. The van der Waals surface area contributed by atoms with Crippen LogP contribution in [0.2, 0.25) is 0 Å². The fraction of sp³-hybridized carbons (Fsp3) is 0.273. The van der Waals surface area contributed by atoms with E-state index in [0.29, 0.717) is 29.7 Å². The first-order valence-corrected chi connectivity index (χ1v) is 12.9. The number of carbonyl (C=O) groups is 1. The zero-order valence-electron chi connectivity index (χ0n) is 17.4. The highest BCUT2D eigenvalue weighted by molar-refractivity contribution is 9.11. The van der Waals surface area contributed by atoms with Crippen molar-refractivity contribution in [1.82, 2.24) is 0 Å². The van der Waals surface area contributed by atoms with E-state index in [1.807, 2.05) is 26.0 Å². The maximum Gasteiger partial charge on any atom is 0.238 e. The van der Waals surface area contributed by atoms with Crippen LogP contribution in [0.15, 0.2) is 67.7 Å². The summed E-state index contributed by atoms with van der Waals surface area (Å²) in [7, 11) is -3.86. The molecule has 4 rings (SSSR count). The van der Waals surface area contributed by atoms with E-state index in [1.165, 1.54) is 23.5 Å². The average molecular weight is 533 g/mol. The predicted molar refractivity (Wildman–Crippen MR) is 127 cm³/mol. The van der Waals surface area contributed by atoms with E-state index in [1.54, 1.807) is 17.0 Å². The number of nitrogens with zero attached hydrogens (tertiary/aromatic N) is 2. The second kappa shape index (κ2) is 7.85. The van der Waals surface area contributed by atoms with Gasteiger partial charge in [0.05, 0.1) is 26.2 Å². The zero-order chi connectivity index (χ0) is 23.4. The molecule has 166 valence electrons. The fourth-order valence-electron chi connectivity index (χ4n) is 4.36. The number of sulfonamides is 1. The normalized spacial score (nSPS) is 20.9. The Balaban J connectivity index is 1.96. The van der Waals surface area contributed by atoms with E-state index in [9.17, 15) is 18.5 Å². The minimum atomic E-state index is -3.86.